The van der Waals surface area contributed by atoms with Crippen molar-refractivity contribution >= 4 is 5.78 Å². The molecule has 0 aliphatic heterocycles. The Kier molecular flexibility index (Phi) is 6.34. The molecule has 0 saturated carbocycles. The van der Waals surface area contributed by atoms with Gasteiger partial charge >= 0.3 is 6.36 Å². The molecule has 1 atom stereocenters. The number of rotatable bonds is 7. The van der Waals surface area contributed by atoms with Gasteiger partial charge in [0.15, 0.2) is 5.78 Å². The van der Waals surface area contributed by atoms with E-state index in [2.05, 4.69) is 4.74 Å². The minimum atomic E-state index is -4.83. The SMILES string of the molecule is CC(=O)c1ccc([C@H](OC(F)(F)F)c2cccc(OCc3ccccc3)c2)cc1. The maximum absolute atomic E-state index is 13.0. The highest BCUT2D eigenvalue weighted by atomic mass is 19.4. The molecule has 3 aromatic rings. The molecular weight excluding hydrogens is 381 g/mol. The van der Waals surface area contributed by atoms with Crippen LogP contribution in [-0.2, 0) is 11.3 Å². The molecule has 0 aliphatic carbocycles. The van der Waals surface area contributed by atoms with Gasteiger partial charge in [0.05, 0.1) is 0 Å². The van der Waals surface area contributed by atoms with Crippen molar-refractivity contribution in [2.75, 3.05) is 0 Å². The molecule has 0 heterocycles. The lowest BCUT2D eigenvalue weighted by molar-refractivity contribution is -0.339. The Morgan fingerprint density at radius 3 is 2.21 bits per heavy atom. The second-order valence-corrected chi connectivity index (χ2v) is 6.47. The summed E-state index contributed by atoms with van der Waals surface area (Å²) >= 11 is 0. The highest BCUT2D eigenvalue weighted by molar-refractivity contribution is 5.94. The molecule has 0 spiro atoms. The van der Waals surface area contributed by atoms with Crippen molar-refractivity contribution in [3.63, 3.8) is 0 Å². The van der Waals surface area contributed by atoms with Gasteiger partial charge in [-0.15, -0.1) is 13.2 Å². The van der Waals surface area contributed by atoms with E-state index in [1.807, 2.05) is 30.3 Å². The second-order valence-electron chi connectivity index (χ2n) is 6.47. The monoisotopic (exact) mass is 400 g/mol. The molecule has 3 aromatic carbocycles. The molecule has 3 rings (SSSR count). The Morgan fingerprint density at radius 1 is 0.897 bits per heavy atom. The van der Waals surface area contributed by atoms with Crippen molar-refractivity contribution < 1.29 is 27.4 Å². The van der Waals surface area contributed by atoms with Gasteiger partial charge in [0.1, 0.15) is 18.5 Å². The van der Waals surface area contributed by atoms with Crippen LogP contribution in [0, 0.1) is 0 Å². The van der Waals surface area contributed by atoms with Crippen molar-refractivity contribution in [2.24, 2.45) is 0 Å². The summed E-state index contributed by atoms with van der Waals surface area (Å²) in [6.07, 6.45) is -6.21. The van der Waals surface area contributed by atoms with E-state index in [0.29, 0.717) is 23.5 Å². The highest BCUT2D eigenvalue weighted by Crippen LogP contribution is 2.34. The van der Waals surface area contributed by atoms with E-state index in [9.17, 15) is 18.0 Å². The zero-order valence-electron chi connectivity index (χ0n) is 15.6. The van der Waals surface area contributed by atoms with Crippen LogP contribution in [-0.4, -0.2) is 12.1 Å². The number of hydrogen-bond acceptors (Lipinski definition) is 3. The molecule has 0 bridgehead atoms. The molecule has 0 saturated heterocycles. The van der Waals surface area contributed by atoms with Gasteiger partial charge in [0, 0.05) is 5.56 Å². The van der Waals surface area contributed by atoms with Crippen molar-refractivity contribution in [1.29, 1.82) is 0 Å². The number of carbonyl (C=O) groups excluding carboxylic acids is 1. The normalized spacial score (nSPS) is 12.4. The predicted molar refractivity (Wildman–Crippen MR) is 103 cm³/mol. The van der Waals surface area contributed by atoms with Gasteiger partial charge in [0.25, 0.3) is 0 Å². The van der Waals surface area contributed by atoms with Gasteiger partial charge in [-0.3, -0.25) is 9.53 Å². The third-order valence-electron chi connectivity index (χ3n) is 4.28. The molecule has 6 heteroatoms. The average Bonchev–Trinajstić information content (AvgIpc) is 2.71. The van der Waals surface area contributed by atoms with Gasteiger partial charge in [-0.1, -0.05) is 66.7 Å². The van der Waals surface area contributed by atoms with Crippen LogP contribution in [0.2, 0.25) is 0 Å². The minimum absolute atomic E-state index is 0.166. The zero-order chi connectivity index (χ0) is 20.9. The molecule has 0 aliphatic rings. The number of ether oxygens (including phenoxy) is 2. The van der Waals surface area contributed by atoms with Crippen molar-refractivity contribution in [3.8, 4) is 5.75 Å². The maximum atomic E-state index is 13.0. The number of hydrogen-bond donors (Lipinski definition) is 0. The third kappa shape index (κ3) is 5.93. The molecule has 0 fully saturated rings. The van der Waals surface area contributed by atoms with Crippen LogP contribution in [0.5, 0.6) is 5.75 Å². The molecule has 0 radical (unpaired) electrons. The number of benzene rings is 3. The lowest BCUT2D eigenvalue weighted by atomic mass is 9.99. The lowest BCUT2D eigenvalue weighted by Crippen LogP contribution is -2.19. The molecule has 0 aromatic heterocycles. The van der Waals surface area contributed by atoms with E-state index in [-0.39, 0.29) is 11.3 Å². The topological polar surface area (TPSA) is 35.5 Å². The first kappa shape index (κ1) is 20.6. The molecule has 0 amide bonds. The fraction of sp³-hybridized carbons (Fsp3) is 0.174. The average molecular weight is 400 g/mol. The Bertz CT molecular complexity index is 951. The molecule has 0 N–H and O–H groups in total. The van der Waals surface area contributed by atoms with Crippen molar-refractivity contribution in [1.82, 2.24) is 0 Å². The fourth-order valence-electron chi connectivity index (χ4n) is 2.86. The van der Waals surface area contributed by atoms with Gasteiger partial charge < -0.3 is 4.74 Å². The van der Waals surface area contributed by atoms with Crippen LogP contribution in [0.3, 0.4) is 0 Å². The minimum Gasteiger partial charge on any atom is -0.489 e. The standard InChI is InChI=1S/C23H19F3O3/c1-16(27)18-10-12-19(13-11-18)22(29-23(24,25)26)20-8-5-9-21(14-20)28-15-17-6-3-2-4-7-17/h2-14,22H,15H2,1H3/t22-/m0/s1. The molecule has 29 heavy (non-hydrogen) atoms. The van der Waals surface area contributed by atoms with Gasteiger partial charge in [-0.25, -0.2) is 0 Å². The maximum Gasteiger partial charge on any atom is 0.523 e. The van der Waals surface area contributed by atoms with E-state index >= 15 is 0 Å². The first-order valence-corrected chi connectivity index (χ1v) is 8.94. The highest BCUT2D eigenvalue weighted by Gasteiger charge is 2.35. The van der Waals surface area contributed by atoms with E-state index in [0.717, 1.165) is 5.56 Å². The predicted octanol–water partition coefficient (Wildman–Crippen LogP) is 6.09. The number of alkyl halides is 3. The van der Waals surface area contributed by atoms with Crippen LogP contribution < -0.4 is 4.74 Å². The summed E-state index contributed by atoms with van der Waals surface area (Å²) in [6.45, 7) is 1.69. The number of ketones is 1. The third-order valence-corrected chi connectivity index (χ3v) is 4.28. The Morgan fingerprint density at radius 2 is 1.59 bits per heavy atom. The van der Waals surface area contributed by atoms with Crippen molar-refractivity contribution in [3.05, 3.63) is 101 Å². The molecule has 3 nitrogen and oxygen atoms in total. The molecular formula is C23H19F3O3. The van der Waals surface area contributed by atoms with E-state index in [1.165, 1.54) is 37.3 Å². The van der Waals surface area contributed by atoms with Gasteiger partial charge in [-0.05, 0) is 35.7 Å². The van der Waals surface area contributed by atoms with Crippen LogP contribution in [0.4, 0.5) is 13.2 Å². The summed E-state index contributed by atoms with van der Waals surface area (Å²) in [5.74, 6) is 0.267. The quantitative estimate of drug-likeness (QED) is 0.450. The lowest BCUT2D eigenvalue weighted by Gasteiger charge is -2.21. The van der Waals surface area contributed by atoms with E-state index in [4.69, 9.17) is 4.74 Å². The van der Waals surface area contributed by atoms with Crippen molar-refractivity contribution in [2.45, 2.75) is 26.0 Å². The largest absolute Gasteiger partial charge is 0.523 e. The van der Waals surface area contributed by atoms with E-state index < -0.39 is 12.5 Å². The number of carbonyl (C=O) groups is 1. The molecule has 0 unspecified atom stereocenters. The number of halogens is 3. The smallest absolute Gasteiger partial charge is 0.489 e. The van der Waals surface area contributed by atoms with Gasteiger partial charge in [0.2, 0.25) is 0 Å². The van der Waals surface area contributed by atoms with Crippen LogP contribution in [0.25, 0.3) is 0 Å². The fourth-order valence-corrected chi connectivity index (χ4v) is 2.86. The summed E-state index contributed by atoms with van der Waals surface area (Å²) in [5, 5.41) is 0. The van der Waals surface area contributed by atoms with E-state index in [1.54, 1.807) is 18.2 Å². The van der Waals surface area contributed by atoms with Crippen LogP contribution in [0.1, 0.15) is 40.1 Å². The second kappa shape index (κ2) is 8.92. The first-order valence-electron chi connectivity index (χ1n) is 8.94. The van der Waals surface area contributed by atoms with Crippen LogP contribution in [0.15, 0.2) is 78.9 Å². The summed E-state index contributed by atoms with van der Waals surface area (Å²) in [6, 6.07) is 21.7. The zero-order valence-corrected chi connectivity index (χ0v) is 15.6. The summed E-state index contributed by atoms with van der Waals surface area (Å²) < 4.78 is 49.2. The summed E-state index contributed by atoms with van der Waals surface area (Å²) in [7, 11) is 0. The summed E-state index contributed by atoms with van der Waals surface area (Å²) in [4.78, 5) is 11.4. The van der Waals surface area contributed by atoms with Gasteiger partial charge in [-0.2, -0.15) is 0 Å². The first-order chi connectivity index (χ1) is 13.8. The Hall–Kier alpha value is -3.12. The molecule has 150 valence electrons. The Labute approximate surface area is 166 Å². The van der Waals surface area contributed by atoms with Crippen LogP contribution >= 0.6 is 0 Å². The summed E-state index contributed by atoms with van der Waals surface area (Å²) in [5.41, 5.74) is 1.94. The Balaban J connectivity index is 1.86. The number of Topliss-reactive ketones (excluding diaryl/α,β-unsaturated/α-hetero) is 1.